The highest BCUT2D eigenvalue weighted by atomic mass is 15.3. The molecule has 2 heterocycles. The molecule has 6 unspecified atom stereocenters. The number of hydrogen-bond acceptors (Lipinski definition) is 2. The van der Waals surface area contributed by atoms with Crippen LogP contribution < -0.4 is 9.80 Å². The van der Waals surface area contributed by atoms with Crippen molar-refractivity contribution in [3.63, 3.8) is 0 Å². The fourth-order valence-electron chi connectivity index (χ4n) is 16.5. The molecule has 0 N–H and O–H groups in total. The second-order valence-corrected chi connectivity index (χ2v) is 25.9. The molecule has 0 amide bonds. The Kier molecular flexibility index (Phi) is 11.7. The third-order valence-corrected chi connectivity index (χ3v) is 21.2. The van der Waals surface area contributed by atoms with Gasteiger partial charge in [0.2, 0.25) is 0 Å². The summed E-state index contributed by atoms with van der Waals surface area (Å²) in [6, 6.07) is 92.3. The van der Waals surface area contributed by atoms with Gasteiger partial charge in [0.1, 0.15) is 0 Å². The molecule has 2 heteroatoms. The van der Waals surface area contributed by atoms with E-state index in [4.69, 9.17) is 0 Å². The van der Waals surface area contributed by atoms with Crippen LogP contribution in [0, 0.1) is 11.8 Å². The standard InChI is InChI=1S/C80H72N2/c1-53-43-45-77(3)71-49-63(37-41-73(71)81(79(77,5)51-53)65-23-15-9-16-24-65)61-35-39-67-69(47-61)75(59-31-27-57(28-32-59)55-19-11-7-12-20-55)68-40-36-62(48-70(68)76(67)60-33-29-58(30-34-60)56-21-13-8-14-22-56)64-38-42-74-72(50-64)78(4)46-44-54(2)52-80(78,6)82(74)66-25-17-10-18-26-66/h7-42,47-50,53-54H,43-46,51-52H2,1-6H3. The minimum absolute atomic E-state index is 0.0113. The van der Waals surface area contributed by atoms with Gasteiger partial charge < -0.3 is 9.80 Å². The predicted octanol–water partition coefficient (Wildman–Crippen LogP) is 22.0. The lowest BCUT2D eigenvalue weighted by Gasteiger charge is -2.52. The molecule has 2 nitrogen and oxygen atoms in total. The molecule has 0 bridgehead atoms. The van der Waals surface area contributed by atoms with Crippen molar-refractivity contribution in [1.82, 2.24) is 0 Å². The minimum atomic E-state index is -0.0480. The van der Waals surface area contributed by atoms with Crippen LogP contribution in [0.15, 0.2) is 243 Å². The van der Waals surface area contributed by atoms with Crippen molar-refractivity contribution in [1.29, 1.82) is 0 Å². The number of fused-ring (bicyclic) bond motifs is 8. The Balaban J connectivity index is 0.953. The smallest absolute Gasteiger partial charge is 0.0520 e. The number of benzene rings is 11. The average Bonchev–Trinajstić information content (AvgIpc) is 3.85. The van der Waals surface area contributed by atoms with Gasteiger partial charge in [0.15, 0.2) is 0 Å². The maximum atomic E-state index is 2.70. The molecule has 0 aromatic heterocycles. The fourth-order valence-corrected chi connectivity index (χ4v) is 16.5. The Morgan fingerprint density at radius 3 is 0.988 bits per heavy atom. The van der Waals surface area contributed by atoms with E-state index in [9.17, 15) is 0 Å². The van der Waals surface area contributed by atoms with Gasteiger partial charge in [-0.25, -0.2) is 0 Å². The van der Waals surface area contributed by atoms with E-state index >= 15 is 0 Å². The first kappa shape index (κ1) is 50.5. The van der Waals surface area contributed by atoms with Crippen molar-refractivity contribution < 1.29 is 0 Å². The highest BCUT2D eigenvalue weighted by Gasteiger charge is 2.60. The van der Waals surface area contributed by atoms with Gasteiger partial charge in [0.05, 0.1) is 11.1 Å². The second-order valence-electron chi connectivity index (χ2n) is 25.9. The van der Waals surface area contributed by atoms with E-state index in [2.05, 4.69) is 294 Å². The van der Waals surface area contributed by atoms with Crippen LogP contribution in [0.1, 0.15) is 91.2 Å². The summed E-state index contributed by atoms with van der Waals surface area (Å²) < 4.78 is 0. The molecule has 2 fully saturated rings. The van der Waals surface area contributed by atoms with Crippen LogP contribution >= 0.6 is 0 Å². The zero-order chi connectivity index (χ0) is 55.5. The van der Waals surface area contributed by atoms with Crippen LogP contribution in [0.4, 0.5) is 22.7 Å². The SMILES string of the molecule is CC1CCC2(C)c3cc(-c4ccc5c(-c6ccc(-c7ccccc7)cc6)c6cc(-c7ccc8c(c7)C7(C)CCC(C)CC7(C)N8c7ccccc7)ccc6c(-c6ccc(-c7ccccc7)cc6)c5c4)ccc3N(c3ccccc3)C2(C)C1. The average molecular weight is 1060 g/mol. The summed E-state index contributed by atoms with van der Waals surface area (Å²) in [6.07, 6.45) is 7.13. The van der Waals surface area contributed by atoms with E-state index in [0.29, 0.717) is 11.8 Å². The molecule has 0 radical (unpaired) electrons. The molecule has 82 heavy (non-hydrogen) atoms. The van der Waals surface area contributed by atoms with E-state index < -0.39 is 0 Å². The zero-order valence-corrected chi connectivity index (χ0v) is 48.4. The monoisotopic (exact) mass is 1060 g/mol. The van der Waals surface area contributed by atoms with Gasteiger partial charge in [-0.2, -0.15) is 0 Å². The summed E-state index contributed by atoms with van der Waals surface area (Å²) in [5.41, 5.74) is 23.0. The van der Waals surface area contributed by atoms with Crippen LogP contribution in [-0.4, -0.2) is 11.1 Å². The first-order valence-electron chi connectivity index (χ1n) is 30.3. The first-order valence-corrected chi connectivity index (χ1v) is 30.3. The van der Waals surface area contributed by atoms with E-state index in [1.165, 1.54) is 148 Å². The third-order valence-electron chi connectivity index (χ3n) is 21.2. The van der Waals surface area contributed by atoms with Crippen molar-refractivity contribution in [3.05, 3.63) is 254 Å². The van der Waals surface area contributed by atoms with Crippen LogP contribution in [0.25, 0.3) is 88.3 Å². The molecule has 2 aliphatic heterocycles. The van der Waals surface area contributed by atoms with Crippen molar-refractivity contribution in [2.45, 2.75) is 102 Å². The second kappa shape index (κ2) is 19.1. The number of nitrogens with zero attached hydrogens (tertiary/aromatic N) is 2. The van der Waals surface area contributed by atoms with Gasteiger partial charge in [-0.15, -0.1) is 0 Å². The lowest BCUT2D eigenvalue weighted by Crippen LogP contribution is -2.56. The van der Waals surface area contributed by atoms with Gasteiger partial charge in [-0.05, 0) is 224 Å². The number of rotatable bonds is 8. The summed E-state index contributed by atoms with van der Waals surface area (Å²) in [4.78, 5) is 5.40. The van der Waals surface area contributed by atoms with Crippen LogP contribution in [0.3, 0.4) is 0 Å². The Bertz CT molecular complexity index is 3970. The molecule has 0 saturated heterocycles. The van der Waals surface area contributed by atoms with Crippen molar-refractivity contribution in [2.24, 2.45) is 11.8 Å². The number of anilines is 4. The molecule has 4 aliphatic rings. The highest BCUT2D eigenvalue weighted by molar-refractivity contribution is 6.22. The first-order chi connectivity index (χ1) is 39.9. The van der Waals surface area contributed by atoms with Gasteiger partial charge in [-0.3, -0.25) is 0 Å². The number of para-hydroxylation sites is 2. The van der Waals surface area contributed by atoms with E-state index in [1.807, 2.05) is 0 Å². The van der Waals surface area contributed by atoms with Gasteiger partial charge in [-0.1, -0.05) is 210 Å². The minimum Gasteiger partial charge on any atom is -0.334 e. The Morgan fingerprint density at radius 2 is 0.610 bits per heavy atom. The van der Waals surface area contributed by atoms with Gasteiger partial charge in [0, 0.05) is 33.6 Å². The molecular weight excluding hydrogens is 989 g/mol. The maximum absolute atomic E-state index is 2.70. The third kappa shape index (κ3) is 7.66. The van der Waals surface area contributed by atoms with Crippen LogP contribution in [0.5, 0.6) is 0 Å². The summed E-state index contributed by atoms with van der Waals surface area (Å²) in [7, 11) is 0. The Hall–Kier alpha value is -8.46. The molecule has 11 aromatic rings. The lowest BCUT2D eigenvalue weighted by atomic mass is 9.59. The maximum Gasteiger partial charge on any atom is 0.0520 e. The van der Waals surface area contributed by atoms with E-state index in [0.717, 1.165) is 12.8 Å². The van der Waals surface area contributed by atoms with E-state index in [-0.39, 0.29) is 21.9 Å². The fraction of sp³-hybridized carbons (Fsp3) is 0.225. The molecule has 6 atom stereocenters. The van der Waals surface area contributed by atoms with E-state index in [1.54, 1.807) is 0 Å². The predicted molar refractivity (Wildman–Crippen MR) is 349 cm³/mol. The zero-order valence-electron chi connectivity index (χ0n) is 48.4. The molecule has 2 saturated carbocycles. The summed E-state index contributed by atoms with van der Waals surface area (Å²) in [6.45, 7) is 15.1. The normalized spacial score (nSPS) is 23.6. The quantitative estimate of drug-likeness (QED) is 0.140. The molecule has 0 spiro atoms. The lowest BCUT2D eigenvalue weighted by molar-refractivity contribution is 0.154. The Morgan fingerprint density at radius 1 is 0.305 bits per heavy atom. The molecule has 15 rings (SSSR count). The Labute approximate surface area is 485 Å². The topological polar surface area (TPSA) is 6.48 Å². The number of hydrogen-bond donors (Lipinski definition) is 0. The van der Waals surface area contributed by atoms with Crippen LogP contribution in [-0.2, 0) is 10.8 Å². The molecule has 402 valence electrons. The van der Waals surface area contributed by atoms with Crippen LogP contribution in [0.2, 0.25) is 0 Å². The highest BCUT2D eigenvalue weighted by Crippen LogP contribution is 2.64. The van der Waals surface area contributed by atoms with Crippen molar-refractivity contribution in [2.75, 3.05) is 9.80 Å². The van der Waals surface area contributed by atoms with Crippen molar-refractivity contribution >= 4 is 44.3 Å². The summed E-state index contributed by atoms with van der Waals surface area (Å²) in [5, 5.41) is 5.04. The summed E-state index contributed by atoms with van der Waals surface area (Å²) >= 11 is 0. The van der Waals surface area contributed by atoms with Gasteiger partial charge in [0.25, 0.3) is 0 Å². The molecule has 11 aromatic carbocycles. The van der Waals surface area contributed by atoms with Crippen molar-refractivity contribution in [3.8, 4) is 66.8 Å². The molecule has 2 aliphatic carbocycles. The molecular formula is C80H72N2. The van der Waals surface area contributed by atoms with Gasteiger partial charge >= 0.3 is 0 Å². The summed E-state index contributed by atoms with van der Waals surface area (Å²) in [5.74, 6) is 1.32. The largest absolute Gasteiger partial charge is 0.334 e.